The molecule has 2 aliphatic heterocycles. The highest BCUT2D eigenvalue weighted by Gasteiger charge is 2.60. The summed E-state index contributed by atoms with van der Waals surface area (Å²) in [7, 11) is 0. The van der Waals surface area contributed by atoms with Crippen LogP contribution in [0.5, 0.6) is 0 Å². The molecule has 6 aliphatic carbocycles. The molecule has 8 rings (SSSR count). The van der Waals surface area contributed by atoms with Crippen LogP contribution in [0, 0.1) is 69.0 Å². The standard InChI is InChI=1S/2C19H33NO/c1-18-9-3-11-20-12-13(18)4-5-14-15-6-7-17(21)19(15,2)10-8-16(14)18;1-18-10-12-20-11-8-13(18)3-4-14-15-5-6-17(21)19(15,2)9-7-16(14)18/h2*13-17,20-21H,3-12H2,1-2H3/t2*13?,14-,15-,16-,17?,18-,19-/m00/s1. The van der Waals surface area contributed by atoms with Gasteiger partial charge in [0.05, 0.1) is 12.2 Å². The Morgan fingerprint density at radius 2 is 1.00 bits per heavy atom. The van der Waals surface area contributed by atoms with E-state index < -0.39 is 0 Å². The summed E-state index contributed by atoms with van der Waals surface area (Å²) in [6.45, 7) is 15.0. The minimum atomic E-state index is -0.0234. The average molecular weight is 583 g/mol. The van der Waals surface area contributed by atoms with E-state index in [-0.39, 0.29) is 23.0 Å². The molecular formula is C38H66N2O2. The monoisotopic (exact) mass is 583 g/mol. The van der Waals surface area contributed by atoms with Gasteiger partial charge in [0.15, 0.2) is 0 Å². The van der Waals surface area contributed by atoms with E-state index in [9.17, 15) is 10.2 Å². The highest BCUT2D eigenvalue weighted by atomic mass is 16.3. The van der Waals surface area contributed by atoms with Gasteiger partial charge in [-0.3, -0.25) is 0 Å². The topological polar surface area (TPSA) is 64.5 Å². The van der Waals surface area contributed by atoms with E-state index in [0.29, 0.717) is 10.8 Å². The molecule has 8 aliphatic rings. The normalized spacial score (nSPS) is 57.0. The molecule has 0 amide bonds. The lowest BCUT2D eigenvalue weighted by molar-refractivity contribution is -0.109. The molecule has 240 valence electrons. The minimum absolute atomic E-state index is 0.0234. The van der Waals surface area contributed by atoms with Crippen molar-refractivity contribution in [3.05, 3.63) is 0 Å². The summed E-state index contributed by atoms with van der Waals surface area (Å²) in [5.74, 6) is 7.13. The van der Waals surface area contributed by atoms with E-state index >= 15 is 0 Å². The van der Waals surface area contributed by atoms with Crippen LogP contribution >= 0.6 is 0 Å². The quantitative estimate of drug-likeness (QED) is 0.244. The third kappa shape index (κ3) is 4.64. The first-order chi connectivity index (χ1) is 20.1. The van der Waals surface area contributed by atoms with Crippen molar-refractivity contribution in [2.75, 3.05) is 26.2 Å². The van der Waals surface area contributed by atoms with E-state index in [1.165, 1.54) is 116 Å². The summed E-state index contributed by atoms with van der Waals surface area (Å²) in [5.41, 5.74) is 1.63. The van der Waals surface area contributed by atoms with Gasteiger partial charge in [0.25, 0.3) is 0 Å². The number of aliphatic hydroxyl groups is 2. The van der Waals surface area contributed by atoms with Crippen molar-refractivity contribution < 1.29 is 10.2 Å². The number of hydrogen-bond donors (Lipinski definition) is 4. The SMILES string of the molecule is C[C@]12CCCNCC1CC[C@@H]1[C@@H]2CC[C@]2(C)C(O)CC[C@@H]12.C[C@]12CCNCCC1CC[C@@H]1[C@@H]2CC[C@]2(C)C(O)CC[C@@H]12. The number of hydrogen-bond acceptors (Lipinski definition) is 4. The van der Waals surface area contributed by atoms with Gasteiger partial charge >= 0.3 is 0 Å². The van der Waals surface area contributed by atoms with E-state index in [4.69, 9.17) is 0 Å². The highest BCUT2D eigenvalue weighted by Crippen LogP contribution is 2.66. The van der Waals surface area contributed by atoms with Crippen molar-refractivity contribution in [2.24, 2.45) is 69.0 Å². The zero-order valence-electron chi connectivity index (χ0n) is 27.8. The van der Waals surface area contributed by atoms with Gasteiger partial charge in [-0.15, -0.1) is 0 Å². The van der Waals surface area contributed by atoms with Crippen molar-refractivity contribution >= 4 is 0 Å². The zero-order valence-corrected chi connectivity index (χ0v) is 27.8. The first-order valence-corrected chi connectivity index (χ1v) is 18.9. The number of nitrogens with one attached hydrogen (secondary N) is 2. The van der Waals surface area contributed by atoms with Crippen LogP contribution in [0.15, 0.2) is 0 Å². The van der Waals surface area contributed by atoms with Gasteiger partial charge in [-0.25, -0.2) is 0 Å². The second-order valence-corrected chi connectivity index (χ2v) is 18.2. The van der Waals surface area contributed by atoms with Crippen LogP contribution in [-0.2, 0) is 0 Å². The molecular weight excluding hydrogens is 516 g/mol. The Kier molecular flexibility index (Phi) is 8.18. The lowest BCUT2D eigenvalue weighted by Gasteiger charge is -2.58. The number of aliphatic hydroxyl groups excluding tert-OH is 2. The lowest BCUT2D eigenvalue weighted by atomic mass is 9.47. The fourth-order valence-corrected chi connectivity index (χ4v) is 14.2. The van der Waals surface area contributed by atoms with Crippen LogP contribution in [0.25, 0.3) is 0 Å². The van der Waals surface area contributed by atoms with Gasteiger partial charge in [-0.1, -0.05) is 27.7 Å². The molecule has 0 bridgehead atoms. The summed E-state index contributed by atoms with van der Waals surface area (Å²) in [5, 5.41) is 28.3. The smallest absolute Gasteiger partial charge is 0.0596 e. The molecule has 4 nitrogen and oxygen atoms in total. The van der Waals surface area contributed by atoms with Gasteiger partial charge in [-0.05, 0) is 198 Å². The third-order valence-corrected chi connectivity index (χ3v) is 17.0. The molecule has 4 heteroatoms. The molecule has 0 aromatic heterocycles. The second-order valence-electron chi connectivity index (χ2n) is 18.2. The summed E-state index contributed by atoms with van der Waals surface area (Å²) < 4.78 is 0. The maximum Gasteiger partial charge on any atom is 0.0596 e. The van der Waals surface area contributed by atoms with Crippen molar-refractivity contribution in [1.82, 2.24) is 10.6 Å². The predicted octanol–water partition coefficient (Wildman–Crippen LogP) is 7.18. The lowest BCUT2D eigenvalue weighted by Crippen LogP contribution is -2.53. The van der Waals surface area contributed by atoms with Crippen molar-refractivity contribution in [2.45, 2.75) is 143 Å². The molecule has 4 unspecified atom stereocenters. The summed E-state index contributed by atoms with van der Waals surface area (Å²) in [6.07, 6.45) is 21.3. The Labute approximate surface area is 258 Å². The summed E-state index contributed by atoms with van der Waals surface area (Å²) in [4.78, 5) is 0. The Morgan fingerprint density at radius 3 is 1.62 bits per heavy atom. The molecule has 14 atom stereocenters. The van der Waals surface area contributed by atoms with Crippen LogP contribution < -0.4 is 10.6 Å². The second kappa shape index (κ2) is 11.3. The number of rotatable bonds is 0. The van der Waals surface area contributed by atoms with Crippen LogP contribution in [0.2, 0.25) is 0 Å². The molecule has 0 radical (unpaired) electrons. The number of fused-ring (bicyclic) bond motifs is 10. The first kappa shape index (κ1) is 30.5. The van der Waals surface area contributed by atoms with Crippen molar-refractivity contribution in [3.63, 3.8) is 0 Å². The maximum atomic E-state index is 10.5. The zero-order chi connectivity index (χ0) is 29.3. The van der Waals surface area contributed by atoms with Gasteiger partial charge in [-0.2, -0.15) is 0 Å². The van der Waals surface area contributed by atoms with Gasteiger partial charge in [0, 0.05) is 0 Å². The molecule has 4 N–H and O–H groups in total. The van der Waals surface area contributed by atoms with Crippen LogP contribution in [0.1, 0.15) is 130 Å². The molecule has 0 aromatic rings. The molecule has 8 fully saturated rings. The fourth-order valence-electron chi connectivity index (χ4n) is 14.2. The Bertz CT molecular complexity index is 897. The Hall–Kier alpha value is -0.160. The van der Waals surface area contributed by atoms with Crippen molar-refractivity contribution in [3.8, 4) is 0 Å². The summed E-state index contributed by atoms with van der Waals surface area (Å²) in [6, 6.07) is 0. The molecule has 0 aromatic carbocycles. The largest absolute Gasteiger partial charge is 0.393 e. The molecule has 42 heavy (non-hydrogen) atoms. The van der Waals surface area contributed by atoms with Gasteiger partial charge < -0.3 is 20.8 Å². The van der Waals surface area contributed by atoms with Crippen LogP contribution in [0.4, 0.5) is 0 Å². The van der Waals surface area contributed by atoms with E-state index in [1.807, 2.05) is 0 Å². The fraction of sp³-hybridized carbons (Fsp3) is 1.00. The molecule has 6 saturated carbocycles. The van der Waals surface area contributed by atoms with Gasteiger partial charge in [0.1, 0.15) is 0 Å². The van der Waals surface area contributed by atoms with Crippen molar-refractivity contribution in [1.29, 1.82) is 0 Å². The maximum absolute atomic E-state index is 10.5. The van der Waals surface area contributed by atoms with Crippen LogP contribution in [-0.4, -0.2) is 48.6 Å². The Morgan fingerprint density at radius 1 is 0.452 bits per heavy atom. The minimum Gasteiger partial charge on any atom is -0.393 e. The molecule has 2 heterocycles. The van der Waals surface area contributed by atoms with Gasteiger partial charge in [0.2, 0.25) is 0 Å². The molecule has 0 spiro atoms. The summed E-state index contributed by atoms with van der Waals surface area (Å²) >= 11 is 0. The predicted molar refractivity (Wildman–Crippen MR) is 172 cm³/mol. The average Bonchev–Trinajstić information content (AvgIpc) is 3.25. The molecule has 2 saturated heterocycles. The van der Waals surface area contributed by atoms with E-state index in [0.717, 1.165) is 60.2 Å². The van der Waals surface area contributed by atoms with E-state index in [2.05, 4.69) is 38.3 Å². The third-order valence-electron chi connectivity index (χ3n) is 17.0. The van der Waals surface area contributed by atoms with E-state index in [1.54, 1.807) is 0 Å². The Balaban J connectivity index is 0.000000137. The van der Waals surface area contributed by atoms with Crippen LogP contribution in [0.3, 0.4) is 0 Å². The highest BCUT2D eigenvalue weighted by molar-refractivity contribution is 5.10. The first-order valence-electron chi connectivity index (χ1n) is 18.9.